The highest BCUT2D eigenvalue weighted by Crippen LogP contribution is 2.44. The summed E-state index contributed by atoms with van der Waals surface area (Å²) in [4.78, 5) is 0. The maximum Gasteiger partial charge on any atom is 0.392 e. The Morgan fingerprint density at radius 3 is 2.38 bits per heavy atom. The molecule has 1 saturated carbocycles. The van der Waals surface area contributed by atoms with Gasteiger partial charge in [-0.25, -0.2) is 0 Å². The zero-order valence-corrected chi connectivity index (χ0v) is 13.5. The third-order valence-electron chi connectivity index (χ3n) is 4.12. The van der Waals surface area contributed by atoms with Crippen molar-refractivity contribution in [3.63, 3.8) is 0 Å². The van der Waals surface area contributed by atoms with Crippen LogP contribution in [0.5, 0.6) is 0 Å². The minimum atomic E-state index is -4.17. The molecule has 0 aliphatic heterocycles. The van der Waals surface area contributed by atoms with Crippen LogP contribution in [0.3, 0.4) is 0 Å². The van der Waals surface area contributed by atoms with Gasteiger partial charge in [0.25, 0.3) is 0 Å². The molecule has 0 aromatic heterocycles. The smallest absolute Gasteiger partial charge is 0.171 e. The standard InChI is InChI=1S/C15H16Cl3F3/c16-12-6-5-9(8-14(12)18)7-13(17)10-3-1-2-4-11(10)15(19,20)21/h5-6,8,10-11,13H,1-4,7H2. The van der Waals surface area contributed by atoms with Gasteiger partial charge in [0.05, 0.1) is 16.0 Å². The van der Waals surface area contributed by atoms with Gasteiger partial charge in [-0.15, -0.1) is 11.6 Å². The molecule has 3 unspecified atom stereocenters. The number of halogens is 6. The largest absolute Gasteiger partial charge is 0.392 e. The molecule has 0 heterocycles. The third-order valence-corrected chi connectivity index (χ3v) is 5.34. The van der Waals surface area contributed by atoms with E-state index in [2.05, 4.69) is 0 Å². The summed E-state index contributed by atoms with van der Waals surface area (Å²) in [6.45, 7) is 0. The van der Waals surface area contributed by atoms with Gasteiger partial charge >= 0.3 is 6.18 Å². The zero-order valence-electron chi connectivity index (χ0n) is 11.3. The topological polar surface area (TPSA) is 0 Å². The van der Waals surface area contributed by atoms with E-state index in [-0.39, 0.29) is 6.42 Å². The van der Waals surface area contributed by atoms with E-state index in [0.29, 0.717) is 29.3 Å². The molecular weight excluding hydrogens is 344 g/mol. The van der Waals surface area contributed by atoms with Crippen molar-refractivity contribution in [3.8, 4) is 0 Å². The van der Waals surface area contributed by atoms with Gasteiger partial charge in [-0.3, -0.25) is 0 Å². The fraction of sp³-hybridized carbons (Fsp3) is 0.600. The van der Waals surface area contributed by atoms with E-state index in [1.165, 1.54) is 0 Å². The number of hydrogen-bond acceptors (Lipinski definition) is 0. The Kier molecular flexibility index (Phi) is 5.72. The molecule has 1 aliphatic carbocycles. The minimum Gasteiger partial charge on any atom is -0.171 e. The van der Waals surface area contributed by atoms with E-state index in [1.54, 1.807) is 18.2 Å². The highest BCUT2D eigenvalue weighted by molar-refractivity contribution is 6.42. The van der Waals surface area contributed by atoms with Gasteiger partial charge in [-0.05, 0) is 42.9 Å². The first-order valence-electron chi connectivity index (χ1n) is 6.93. The molecule has 2 rings (SSSR count). The van der Waals surface area contributed by atoms with Crippen molar-refractivity contribution in [3.05, 3.63) is 33.8 Å². The van der Waals surface area contributed by atoms with Crippen LogP contribution in [0.15, 0.2) is 18.2 Å². The predicted molar refractivity (Wildman–Crippen MR) is 81.3 cm³/mol. The second kappa shape index (κ2) is 6.97. The van der Waals surface area contributed by atoms with Crippen molar-refractivity contribution >= 4 is 34.8 Å². The second-order valence-corrected chi connectivity index (χ2v) is 6.94. The Balaban J connectivity index is 2.10. The molecule has 118 valence electrons. The summed E-state index contributed by atoms with van der Waals surface area (Å²) in [5, 5.41) is 0.278. The Labute approximate surface area is 137 Å². The van der Waals surface area contributed by atoms with Gasteiger partial charge in [0.1, 0.15) is 0 Å². The van der Waals surface area contributed by atoms with E-state index < -0.39 is 23.4 Å². The van der Waals surface area contributed by atoms with Gasteiger partial charge in [-0.2, -0.15) is 13.2 Å². The number of alkyl halides is 4. The molecule has 0 radical (unpaired) electrons. The summed E-state index contributed by atoms with van der Waals surface area (Å²) < 4.78 is 39.3. The van der Waals surface area contributed by atoms with Crippen LogP contribution in [0.2, 0.25) is 10.0 Å². The highest BCUT2D eigenvalue weighted by atomic mass is 35.5. The highest BCUT2D eigenvalue weighted by Gasteiger charge is 2.47. The summed E-state index contributed by atoms with van der Waals surface area (Å²) in [6.07, 6.45) is -1.66. The molecule has 6 heteroatoms. The average molecular weight is 360 g/mol. The van der Waals surface area contributed by atoms with E-state index in [1.807, 2.05) is 0 Å². The van der Waals surface area contributed by atoms with Crippen LogP contribution in [0.4, 0.5) is 13.2 Å². The molecule has 0 amide bonds. The lowest BCUT2D eigenvalue weighted by Gasteiger charge is -2.35. The monoisotopic (exact) mass is 358 g/mol. The molecule has 0 spiro atoms. The SMILES string of the molecule is FC(F)(F)C1CCCCC1C(Cl)Cc1ccc(Cl)c(Cl)c1. The summed E-state index contributed by atoms with van der Waals surface area (Å²) >= 11 is 18.1. The molecular formula is C15H16Cl3F3. The van der Waals surface area contributed by atoms with Crippen LogP contribution < -0.4 is 0 Å². The van der Waals surface area contributed by atoms with Crippen molar-refractivity contribution in [2.45, 2.75) is 43.7 Å². The third kappa shape index (κ3) is 4.43. The average Bonchev–Trinajstić information content (AvgIpc) is 2.42. The lowest BCUT2D eigenvalue weighted by atomic mass is 9.75. The fourth-order valence-corrected chi connectivity index (χ4v) is 3.84. The van der Waals surface area contributed by atoms with Gasteiger partial charge in [0.15, 0.2) is 0 Å². The normalized spacial score (nSPS) is 24.9. The summed E-state index contributed by atoms with van der Waals surface area (Å²) in [5.74, 6) is -1.83. The van der Waals surface area contributed by atoms with Crippen molar-refractivity contribution in [1.82, 2.24) is 0 Å². The van der Waals surface area contributed by atoms with Crippen LogP contribution in [-0.4, -0.2) is 11.6 Å². The molecule has 1 aromatic carbocycles. The maximum absolute atomic E-state index is 13.1. The van der Waals surface area contributed by atoms with Crippen LogP contribution in [0.1, 0.15) is 31.2 Å². The fourth-order valence-electron chi connectivity index (χ4n) is 3.04. The molecule has 0 N–H and O–H groups in total. The summed E-state index contributed by atoms with van der Waals surface area (Å²) in [5.41, 5.74) is 0.816. The predicted octanol–water partition coefficient (Wildman–Crippen LogP) is 6.51. The van der Waals surface area contributed by atoms with Crippen LogP contribution in [-0.2, 0) is 6.42 Å². The van der Waals surface area contributed by atoms with E-state index in [0.717, 1.165) is 12.0 Å². The summed E-state index contributed by atoms with van der Waals surface area (Å²) in [6, 6.07) is 5.07. The van der Waals surface area contributed by atoms with Crippen molar-refractivity contribution in [2.75, 3.05) is 0 Å². The quantitative estimate of drug-likeness (QED) is 0.539. The number of benzene rings is 1. The Bertz CT molecular complexity index is 488. The van der Waals surface area contributed by atoms with Crippen molar-refractivity contribution in [2.24, 2.45) is 11.8 Å². The van der Waals surface area contributed by atoms with E-state index in [9.17, 15) is 13.2 Å². The molecule has 0 nitrogen and oxygen atoms in total. The molecule has 3 atom stereocenters. The molecule has 0 bridgehead atoms. The number of hydrogen-bond donors (Lipinski definition) is 0. The first-order valence-corrected chi connectivity index (χ1v) is 8.13. The Morgan fingerprint density at radius 2 is 1.76 bits per heavy atom. The van der Waals surface area contributed by atoms with Crippen LogP contribution in [0, 0.1) is 11.8 Å². The second-order valence-electron chi connectivity index (χ2n) is 5.56. The molecule has 0 saturated heterocycles. The lowest BCUT2D eigenvalue weighted by molar-refractivity contribution is -0.196. The van der Waals surface area contributed by atoms with Crippen LogP contribution in [0.25, 0.3) is 0 Å². The van der Waals surface area contributed by atoms with Crippen molar-refractivity contribution in [1.29, 1.82) is 0 Å². The molecule has 1 aromatic rings. The summed E-state index contributed by atoms with van der Waals surface area (Å²) in [7, 11) is 0. The minimum absolute atomic E-state index is 0.179. The van der Waals surface area contributed by atoms with Gasteiger partial charge in [-0.1, -0.05) is 42.1 Å². The maximum atomic E-state index is 13.1. The molecule has 21 heavy (non-hydrogen) atoms. The molecule has 1 fully saturated rings. The van der Waals surface area contributed by atoms with Crippen molar-refractivity contribution < 1.29 is 13.2 Å². The Morgan fingerprint density at radius 1 is 1.10 bits per heavy atom. The van der Waals surface area contributed by atoms with Gasteiger partial charge in [0.2, 0.25) is 0 Å². The van der Waals surface area contributed by atoms with Gasteiger partial charge < -0.3 is 0 Å². The Hall–Kier alpha value is -0.120. The molecule has 1 aliphatic rings. The lowest BCUT2D eigenvalue weighted by Crippen LogP contribution is -2.38. The zero-order chi connectivity index (χ0) is 15.6. The first kappa shape index (κ1) is 17.2. The number of rotatable bonds is 3. The van der Waals surface area contributed by atoms with E-state index >= 15 is 0 Å². The van der Waals surface area contributed by atoms with Crippen LogP contribution >= 0.6 is 34.8 Å². The van der Waals surface area contributed by atoms with E-state index in [4.69, 9.17) is 34.8 Å². The first-order chi connectivity index (χ1) is 9.79. The van der Waals surface area contributed by atoms with Gasteiger partial charge in [0, 0.05) is 5.38 Å².